The lowest BCUT2D eigenvalue weighted by Crippen LogP contribution is -2.07. The Morgan fingerprint density at radius 3 is 2.55 bits per heavy atom. The number of rotatable bonds is 5. The van der Waals surface area contributed by atoms with Gasteiger partial charge in [-0.2, -0.15) is 0 Å². The molecule has 4 rings (SSSR count). The molecule has 0 radical (unpaired) electrons. The Kier molecular flexibility index (Phi) is 5.65. The van der Waals surface area contributed by atoms with Crippen LogP contribution in [0.15, 0.2) is 48.7 Å². The molecular formula is C24H22ClN3O3. The van der Waals surface area contributed by atoms with Crippen molar-refractivity contribution in [3.05, 3.63) is 70.5 Å². The number of aryl methyl sites for hydroxylation is 2. The van der Waals surface area contributed by atoms with Crippen LogP contribution in [-0.2, 0) is 11.2 Å². The fourth-order valence-corrected chi connectivity index (χ4v) is 3.64. The molecule has 0 spiro atoms. The van der Waals surface area contributed by atoms with Gasteiger partial charge < -0.3 is 9.47 Å². The molecule has 0 saturated carbocycles. The number of carbonyl (C=O) groups excluding carboxylic acids is 1. The average molecular weight is 436 g/mol. The molecule has 0 unspecified atom stereocenters. The summed E-state index contributed by atoms with van der Waals surface area (Å²) in [6, 6.07) is 12.9. The quantitative estimate of drug-likeness (QED) is 0.361. The van der Waals surface area contributed by atoms with Crippen molar-refractivity contribution < 1.29 is 14.3 Å². The van der Waals surface area contributed by atoms with Crippen LogP contribution < -0.4 is 9.47 Å². The molecule has 6 nitrogen and oxygen atoms in total. The van der Waals surface area contributed by atoms with E-state index in [1.807, 2.05) is 63.4 Å². The number of nitrogens with zero attached hydrogens (tertiary/aromatic N) is 3. The van der Waals surface area contributed by atoms with Gasteiger partial charge in [0.15, 0.2) is 0 Å². The van der Waals surface area contributed by atoms with E-state index < -0.39 is 0 Å². The van der Waals surface area contributed by atoms with E-state index in [2.05, 4.69) is 5.10 Å². The first-order chi connectivity index (χ1) is 14.9. The van der Waals surface area contributed by atoms with Crippen LogP contribution in [0.25, 0.3) is 16.6 Å². The second-order valence-corrected chi connectivity index (χ2v) is 7.71. The largest absolute Gasteiger partial charge is 0.437 e. The van der Waals surface area contributed by atoms with E-state index in [4.69, 9.17) is 26.1 Å². The predicted molar refractivity (Wildman–Crippen MR) is 121 cm³/mol. The van der Waals surface area contributed by atoms with Gasteiger partial charge in [-0.1, -0.05) is 18.5 Å². The summed E-state index contributed by atoms with van der Waals surface area (Å²) in [4.78, 5) is 16.5. The number of hydrogen-bond acceptors (Lipinski definition) is 5. The molecule has 0 aliphatic rings. The first-order valence-corrected chi connectivity index (χ1v) is 10.3. The summed E-state index contributed by atoms with van der Waals surface area (Å²) in [5.41, 5.74) is 4.35. The SMILES string of the molecule is CCc1nc2c(C)cc(Oc3ccn(-c4ccc(Cl)cc4)n3)cc2c(OC(C)=O)c1C. The van der Waals surface area contributed by atoms with Gasteiger partial charge in [-0.3, -0.25) is 9.78 Å². The van der Waals surface area contributed by atoms with E-state index in [9.17, 15) is 4.79 Å². The Morgan fingerprint density at radius 1 is 1.13 bits per heavy atom. The molecule has 4 aromatic rings. The molecule has 7 heteroatoms. The van der Waals surface area contributed by atoms with Crippen LogP contribution in [-0.4, -0.2) is 20.7 Å². The standard InChI is InChI=1S/C24H22ClN3O3/c1-5-21-15(3)24(30-16(4)29)20-13-19(12-14(2)23(20)26-21)31-22-10-11-28(27-22)18-8-6-17(25)7-9-18/h6-13H,5H2,1-4H3. The van der Waals surface area contributed by atoms with Crippen molar-refractivity contribution in [2.45, 2.75) is 34.1 Å². The van der Waals surface area contributed by atoms with Gasteiger partial charge >= 0.3 is 5.97 Å². The molecular weight excluding hydrogens is 414 g/mol. The Balaban J connectivity index is 1.73. The van der Waals surface area contributed by atoms with E-state index in [0.29, 0.717) is 22.4 Å². The molecule has 31 heavy (non-hydrogen) atoms. The lowest BCUT2D eigenvalue weighted by atomic mass is 10.0. The minimum atomic E-state index is -0.372. The predicted octanol–water partition coefficient (Wildman–Crippen LogP) is 5.97. The number of carbonyl (C=O) groups is 1. The summed E-state index contributed by atoms with van der Waals surface area (Å²) >= 11 is 5.96. The molecule has 0 aliphatic carbocycles. The monoisotopic (exact) mass is 435 g/mol. The van der Waals surface area contributed by atoms with Gasteiger partial charge in [0.05, 0.1) is 11.2 Å². The topological polar surface area (TPSA) is 66.2 Å². The first-order valence-electron chi connectivity index (χ1n) is 9.97. The minimum absolute atomic E-state index is 0.372. The third-order valence-corrected chi connectivity index (χ3v) is 5.25. The van der Waals surface area contributed by atoms with Crippen molar-refractivity contribution in [2.75, 3.05) is 0 Å². The zero-order chi connectivity index (χ0) is 22.1. The van der Waals surface area contributed by atoms with Gasteiger partial charge in [-0.05, 0) is 62.2 Å². The van der Waals surface area contributed by atoms with Gasteiger partial charge in [-0.25, -0.2) is 4.68 Å². The van der Waals surface area contributed by atoms with Gasteiger partial charge in [0.1, 0.15) is 11.5 Å². The van der Waals surface area contributed by atoms with Crippen LogP contribution in [0.5, 0.6) is 17.4 Å². The van der Waals surface area contributed by atoms with Gasteiger partial charge in [0.25, 0.3) is 0 Å². The summed E-state index contributed by atoms with van der Waals surface area (Å²) < 4.78 is 13.3. The third kappa shape index (κ3) is 4.25. The molecule has 0 fully saturated rings. The summed E-state index contributed by atoms with van der Waals surface area (Å²) in [5.74, 6) is 1.18. The molecule has 2 heterocycles. The number of benzene rings is 2. The molecule has 2 aromatic carbocycles. The third-order valence-electron chi connectivity index (χ3n) is 5.00. The summed E-state index contributed by atoms with van der Waals surface area (Å²) in [6.07, 6.45) is 2.56. The minimum Gasteiger partial charge on any atom is -0.437 e. The average Bonchev–Trinajstić information content (AvgIpc) is 3.19. The summed E-state index contributed by atoms with van der Waals surface area (Å²) in [6.45, 7) is 7.30. The lowest BCUT2D eigenvalue weighted by Gasteiger charge is -2.15. The van der Waals surface area contributed by atoms with Crippen molar-refractivity contribution >= 4 is 28.5 Å². The van der Waals surface area contributed by atoms with Crippen LogP contribution in [0.4, 0.5) is 0 Å². The van der Waals surface area contributed by atoms with Crippen LogP contribution >= 0.6 is 11.6 Å². The Bertz CT molecular complexity index is 1280. The highest BCUT2D eigenvalue weighted by atomic mass is 35.5. The smallest absolute Gasteiger partial charge is 0.308 e. The van der Waals surface area contributed by atoms with E-state index in [1.54, 1.807) is 10.7 Å². The van der Waals surface area contributed by atoms with E-state index in [1.165, 1.54) is 6.92 Å². The van der Waals surface area contributed by atoms with Crippen molar-refractivity contribution in [1.82, 2.24) is 14.8 Å². The highest BCUT2D eigenvalue weighted by Gasteiger charge is 2.17. The normalized spacial score (nSPS) is 11.0. The van der Waals surface area contributed by atoms with Gasteiger partial charge in [-0.15, -0.1) is 5.10 Å². The van der Waals surface area contributed by atoms with Crippen LogP contribution in [0.1, 0.15) is 30.7 Å². The van der Waals surface area contributed by atoms with E-state index >= 15 is 0 Å². The molecule has 0 atom stereocenters. The molecule has 0 aliphatic heterocycles. The maximum absolute atomic E-state index is 11.7. The summed E-state index contributed by atoms with van der Waals surface area (Å²) in [5, 5.41) is 5.88. The van der Waals surface area contributed by atoms with E-state index in [0.717, 1.165) is 39.8 Å². The van der Waals surface area contributed by atoms with Crippen molar-refractivity contribution in [3.8, 4) is 23.1 Å². The number of ether oxygens (including phenoxy) is 2. The van der Waals surface area contributed by atoms with Crippen LogP contribution in [0.2, 0.25) is 5.02 Å². The Morgan fingerprint density at radius 2 is 1.87 bits per heavy atom. The zero-order valence-corrected chi connectivity index (χ0v) is 18.5. The molecule has 0 amide bonds. The first kappa shape index (κ1) is 20.9. The number of halogens is 1. The van der Waals surface area contributed by atoms with Crippen molar-refractivity contribution in [3.63, 3.8) is 0 Å². The van der Waals surface area contributed by atoms with E-state index in [-0.39, 0.29) is 5.97 Å². The summed E-state index contributed by atoms with van der Waals surface area (Å²) in [7, 11) is 0. The molecule has 0 N–H and O–H groups in total. The maximum atomic E-state index is 11.7. The Labute approximate surface area is 185 Å². The van der Waals surface area contributed by atoms with Crippen molar-refractivity contribution in [2.24, 2.45) is 0 Å². The molecule has 0 saturated heterocycles. The maximum Gasteiger partial charge on any atom is 0.308 e. The second-order valence-electron chi connectivity index (χ2n) is 7.27. The van der Waals surface area contributed by atoms with Gasteiger partial charge in [0.2, 0.25) is 5.88 Å². The fraction of sp³-hybridized carbons (Fsp3) is 0.208. The highest BCUT2D eigenvalue weighted by molar-refractivity contribution is 6.30. The molecule has 2 aromatic heterocycles. The molecule has 158 valence electrons. The number of aromatic nitrogens is 3. The van der Waals surface area contributed by atoms with Crippen molar-refractivity contribution in [1.29, 1.82) is 0 Å². The highest BCUT2D eigenvalue weighted by Crippen LogP contribution is 2.36. The number of esters is 1. The van der Waals surface area contributed by atoms with Crippen LogP contribution in [0, 0.1) is 13.8 Å². The number of pyridine rings is 1. The second kappa shape index (κ2) is 8.40. The molecule has 0 bridgehead atoms. The lowest BCUT2D eigenvalue weighted by molar-refractivity contribution is -0.131. The zero-order valence-electron chi connectivity index (χ0n) is 17.8. The fourth-order valence-electron chi connectivity index (χ4n) is 3.52. The van der Waals surface area contributed by atoms with Crippen LogP contribution in [0.3, 0.4) is 0 Å². The van der Waals surface area contributed by atoms with Gasteiger partial charge in [0, 0.05) is 40.9 Å². The Hall–Kier alpha value is -3.38. The number of fused-ring (bicyclic) bond motifs is 1. The number of hydrogen-bond donors (Lipinski definition) is 0.